The second-order valence-electron chi connectivity index (χ2n) is 6.91. The minimum absolute atomic E-state index is 0.394. The Morgan fingerprint density at radius 2 is 1.96 bits per heavy atom. The molecule has 1 aliphatic heterocycles. The zero-order valence-electron chi connectivity index (χ0n) is 15.0. The van der Waals surface area contributed by atoms with Crippen molar-refractivity contribution in [1.29, 1.82) is 0 Å². The van der Waals surface area contributed by atoms with Gasteiger partial charge in [-0.2, -0.15) is 0 Å². The van der Waals surface area contributed by atoms with Gasteiger partial charge in [-0.05, 0) is 22.6 Å². The van der Waals surface area contributed by atoms with Crippen LogP contribution in [0, 0.1) is 0 Å². The van der Waals surface area contributed by atoms with E-state index in [4.69, 9.17) is 16.5 Å². The molecule has 0 spiro atoms. The van der Waals surface area contributed by atoms with Gasteiger partial charge in [0.05, 0.1) is 11.4 Å². The smallest absolute Gasteiger partial charge is 0.260 e. The molecule has 4 aromatic rings. The van der Waals surface area contributed by atoms with Crippen LogP contribution >= 0.6 is 22.7 Å². The number of hydrogen-bond acceptors (Lipinski definition) is 6. The molecule has 4 heterocycles. The fourth-order valence-corrected chi connectivity index (χ4v) is 5.64. The SMILES string of the molecule is NC(=O)c1sc2nc3c(c(-c4cccs4)c2c1N)CN(Cc1ccccc1)C3. The fraction of sp³-hybridized carbons (Fsp3) is 0.143. The number of benzene rings is 1. The summed E-state index contributed by atoms with van der Waals surface area (Å²) in [6.45, 7) is 2.46. The van der Waals surface area contributed by atoms with E-state index in [1.54, 1.807) is 11.3 Å². The highest BCUT2D eigenvalue weighted by molar-refractivity contribution is 7.21. The molecule has 28 heavy (non-hydrogen) atoms. The third-order valence-corrected chi connectivity index (χ3v) is 7.06. The van der Waals surface area contributed by atoms with E-state index in [9.17, 15) is 4.79 Å². The van der Waals surface area contributed by atoms with Crippen LogP contribution < -0.4 is 11.5 Å². The Labute approximate surface area is 170 Å². The Morgan fingerprint density at radius 3 is 2.68 bits per heavy atom. The van der Waals surface area contributed by atoms with Crippen LogP contribution in [0.2, 0.25) is 0 Å². The molecule has 3 aromatic heterocycles. The Hall–Kier alpha value is -2.74. The topological polar surface area (TPSA) is 85.2 Å². The monoisotopic (exact) mass is 406 g/mol. The molecule has 0 saturated carbocycles. The molecular weight excluding hydrogens is 388 g/mol. The molecule has 7 heteroatoms. The maximum absolute atomic E-state index is 11.8. The van der Waals surface area contributed by atoms with E-state index in [0.29, 0.717) is 10.6 Å². The zero-order chi connectivity index (χ0) is 19.3. The van der Waals surface area contributed by atoms with Gasteiger partial charge in [0.15, 0.2) is 0 Å². The van der Waals surface area contributed by atoms with E-state index >= 15 is 0 Å². The van der Waals surface area contributed by atoms with Crippen LogP contribution in [-0.2, 0) is 19.6 Å². The number of nitrogen functional groups attached to an aromatic ring is 1. The van der Waals surface area contributed by atoms with Gasteiger partial charge in [0.25, 0.3) is 5.91 Å². The molecule has 0 aliphatic carbocycles. The predicted octanol–water partition coefficient (Wildman–Crippen LogP) is 4.22. The highest BCUT2D eigenvalue weighted by atomic mass is 32.1. The molecule has 0 saturated heterocycles. The Balaban J connectivity index is 1.65. The number of nitrogens with two attached hydrogens (primary N) is 2. The largest absolute Gasteiger partial charge is 0.397 e. The van der Waals surface area contributed by atoms with Crippen LogP contribution in [0.5, 0.6) is 0 Å². The van der Waals surface area contributed by atoms with Crippen molar-refractivity contribution < 1.29 is 4.79 Å². The summed E-state index contributed by atoms with van der Waals surface area (Å²) in [5.74, 6) is -0.497. The number of anilines is 1. The number of pyridine rings is 1. The predicted molar refractivity (Wildman–Crippen MR) is 115 cm³/mol. The number of primary amides is 1. The van der Waals surface area contributed by atoms with Crippen molar-refractivity contribution in [2.24, 2.45) is 5.73 Å². The van der Waals surface area contributed by atoms with Gasteiger partial charge < -0.3 is 11.5 Å². The van der Waals surface area contributed by atoms with Crippen LogP contribution in [0.25, 0.3) is 20.7 Å². The van der Waals surface area contributed by atoms with Crippen LogP contribution in [0.15, 0.2) is 47.8 Å². The molecule has 0 fully saturated rings. The summed E-state index contributed by atoms with van der Waals surface area (Å²) >= 11 is 2.97. The van der Waals surface area contributed by atoms with Crippen molar-refractivity contribution in [3.63, 3.8) is 0 Å². The van der Waals surface area contributed by atoms with Gasteiger partial charge in [-0.3, -0.25) is 9.69 Å². The highest BCUT2D eigenvalue weighted by Crippen LogP contribution is 2.45. The summed E-state index contributed by atoms with van der Waals surface area (Å²) in [6, 6.07) is 14.6. The molecule has 0 atom stereocenters. The third-order valence-electron chi connectivity index (χ3n) is 5.06. The minimum atomic E-state index is -0.497. The normalized spacial score (nSPS) is 13.9. The molecule has 1 aromatic carbocycles. The van der Waals surface area contributed by atoms with Crippen molar-refractivity contribution >= 4 is 44.5 Å². The molecular formula is C21H18N4OS2. The lowest BCUT2D eigenvalue weighted by molar-refractivity contribution is 0.100. The second-order valence-corrected chi connectivity index (χ2v) is 8.86. The molecule has 140 valence electrons. The van der Waals surface area contributed by atoms with Crippen LogP contribution in [-0.4, -0.2) is 15.8 Å². The summed E-state index contributed by atoms with van der Waals surface area (Å²) in [5, 5.41) is 2.92. The standard InChI is InChI=1S/C21H18N4OS2/c22-18-17-16(15-7-4-8-27-15)13-10-25(9-12-5-2-1-3-6-12)11-14(13)24-21(17)28-19(18)20(23)26/h1-8H,9-11,22H2,(H2,23,26). The first-order valence-corrected chi connectivity index (χ1v) is 10.6. The lowest BCUT2D eigenvalue weighted by atomic mass is 10.0. The Morgan fingerprint density at radius 1 is 1.14 bits per heavy atom. The summed E-state index contributed by atoms with van der Waals surface area (Å²) in [4.78, 5) is 21.4. The Kier molecular flexibility index (Phi) is 4.16. The molecule has 0 bridgehead atoms. The van der Waals surface area contributed by atoms with E-state index in [1.807, 2.05) is 12.1 Å². The molecule has 1 amide bonds. The first-order valence-electron chi connectivity index (χ1n) is 8.95. The first-order chi connectivity index (χ1) is 13.6. The first kappa shape index (κ1) is 17.4. The summed E-state index contributed by atoms with van der Waals surface area (Å²) in [5.41, 5.74) is 17.0. The van der Waals surface area contributed by atoms with Crippen molar-refractivity contribution in [2.45, 2.75) is 19.6 Å². The lowest BCUT2D eigenvalue weighted by Crippen LogP contribution is -2.15. The Bertz CT molecular complexity index is 1180. The molecule has 5 nitrogen and oxygen atoms in total. The van der Waals surface area contributed by atoms with E-state index < -0.39 is 5.91 Å². The van der Waals surface area contributed by atoms with Gasteiger partial charge >= 0.3 is 0 Å². The number of nitrogens with zero attached hydrogens (tertiary/aromatic N) is 2. The lowest BCUT2D eigenvalue weighted by Gasteiger charge is -2.14. The van der Waals surface area contributed by atoms with Crippen molar-refractivity contribution in [1.82, 2.24) is 9.88 Å². The quantitative estimate of drug-likeness (QED) is 0.531. The van der Waals surface area contributed by atoms with Crippen molar-refractivity contribution in [2.75, 3.05) is 5.73 Å². The minimum Gasteiger partial charge on any atom is -0.397 e. The van der Waals surface area contributed by atoms with Gasteiger partial charge in [-0.15, -0.1) is 22.7 Å². The maximum atomic E-state index is 11.8. The van der Waals surface area contributed by atoms with E-state index in [2.05, 4.69) is 40.6 Å². The molecule has 0 radical (unpaired) electrons. The average Bonchev–Trinajstić information content (AvgIpc) is 3.40. The van der Waals surface area contributed by atoms with E-state index in [-0.39, 0.29) is 0 Å². The van der Waals surface area contributed by atoms with Gasteiger partial charge in [0, 0.05) is 35.5 Å². The number of hydrogen-bond donors (Lipinski definition) is 2. The number of amides is 1. The van der Waals surface area contributed by atoms with E-state index in [1.165, 1.54) is 22.5 Å². The van der Waals surface area contributed by atoms with Crippen LogP contribution in [0.1, 0.15) is 26.5 Å². The van der Waals surface area contributed by atoms with Gasteiger partial charge in [0.2, 0.25) is 0 Å². The number of carbonyl (C=O) groups is 1. The molecule has 0 unspecified atom stereocenters. The van der Waals surface area contributed by atoms with Crippen LogP contribution in [0.4, 0.5) is 5.69 Å². The summed E-state index contributed by atoms with van der Waals surface area (Å²) in [6.07, 6.45) is 0. The van der Waals surface area contributed by atoms with Gasteiger partial charge in [-0.25, -0.2) is 4.98 Å². The summed E-state index contributed by atoms with van der Waals surface area (Å²) < 4.78 is 0. The number of thiophene rings is 2. The molecule has 4 N–H and O–H groups in total. The average molecular weight is 407 g/mol. The number of fused-ring (bicyclic) bond motifs is 2. The van der Waals surface area contributed by atoms with E-state index in [0.717, 1.165) is 46.0 Å². The van der Waals surface area contributed by atoms with Crippen LogP contribution in [0.3, 0.4) is 0 Å². The number of aromatic nitrogens is 1. The second kappa shape index (κ2) is 6.70. The molecule has 1 aliphatic rings. The van der Waals surface area contributed by atoms with Gasteiger partial charge in [0.1, 0.15) is 9.71 Å². The zero-order valence-corrected chi connectivity index (χ0v) is 16.6. The molecule has 5 rings (SSSR count). The summed E-state index contributed by atoms with van der Waals surface area (Å²) in [7, 11) is 0. The fourth-order valence-electron chi connectivity index (χ4n) is 3.86. The van der Waals surface area contributed by atoms with Gasteiger partial charge in [-0.1, -0.05) is 36.4 Å². The number of carbonyl (C=O) groups excluding carboxylic acids is 1. The third kappa shape index (κ3) is 2.79. The number of rotatable bonds is 4. The van der Waals surface area contributed by atoms with Crippen molar-refractivity contribution in [3.05, 3.63) is 69.5 Å². The van der Waals surface area contributed by atoms with Crippen molar-refractivity contribution in [3.8, 4) is 10.4 Å². The highest BCUT2D eigenvalue weighted by Gasteiger charge is 2.29. The maximum Gasteiger partial charge on any atom is 0.260 e.